The van der Waals surface area contributed by atoms with Gasteiger partial charge in [-0.25, -0.2) is 0 Å². The molecule has 0 aliphatic heterocycles. The maximum absolute atomic E-state index is 12.7. The molecular weight excluding hydrogens is 518 g/mol. The number of benzene rings is 2. The SMILES string of the molecule is CCOC(=O)c1[se]c2ccccc2c1Sc1c(C(=O)OCC)[se]c2ccccc12. The zero-order valence-electron chi connectivity index (χ0n) is 15.9. The van der Waals surface area contributed by atoms with Crippen molar-refractivity contribution in [3.05, 3.63) is 57.4 Å². The van der Waals surface area contributed by atoms with Crippen molar-refractivity contribution in [2.45, 2.75) is 23.6 Å². The van der Waals surface area contributed by atoms with Crippen LogP contribution in [0, 0.1) is 0 Å². The molecule has 0 fully saturated rings. The van der Waals surface area contributed by atoms with Crippen molar-refractivity contribution in [1.29, 1.82) is 0 Å². The van der Waals surface area contributed by atoms with E-state index in [0.717, 1.165) is 29.4 Å². The minimum absolute atomic E-state index is 0.112. The van der Waals surface area contributed by atoms with Crippen LogP contribution in [-0.2, 0) is 9.47 Å². The molecule has 0 saturated carbocycles. The van der Waals surface area contributed by atoms with Gasteiger partial charge in [-0.2, -0.15) is 0 Å². The van der Waals surface area contributed by atoms with E-state index in [4.69, 9.17) is 9.47 Å². The summed E-state index contributed by atoms with van der Waals surface area (Å²) in [6.45, 7) is 4.32. The van der Waals surface area contributed by atoms with Crippen LogP contribution in [-0.4, -0.2) is 54.2 Å². The fourth-order valence-corrected chi connectivity index (χ4v) is 9.55. The third-order valence-corrected chi connectivity index (χ3v) is 10.9. The molecule has 29 heavy (non-hydrogen) atoms. The fourth-order valence-electron chi connectivity index (χ4n) is 3.01. The molecule has 0 N–H and O–H groups in total. The number of hydrogen-bond donors (Lipinski definition) is 0. The molecule has 2 heterocycles. The van der Waals surface area contributed by atoms with Crippen LogP contribution >= 0.6 is 11.8 Å². The van der Waals surface area contributed by atoms with Gasteiger partial charge in [0, 0.05) is 0 Å². The van der Waals surface area contributed by atoms with E-state index >= 15 is 0 Å². The van der Waals surface area contributed by atoms with Gasteiger partial charge in [0.05, 0.1) is 0 Å². The van der Waals surface area contributed by atoms with Gasteiger partial charge in [0.15, 0.2) is 0 Å². The van der Waals surface area contributed by atoms with E-state index in [1.807, 2.05) is 50.2 Å². The number of hydrogen-bond acceptors (Lipinski definition) is 5. The van der Waals surface area contributed by atoms with Crippen LogP contribution in [0.15, 0.2) is 58.3 Å². The summed E-state index contributed by atoms with van der Waals surface area (Å²) in [6.07, 6.45) is 0. The van der Waals surface area contributed by atoms with Crippen LogP contribution in [0.4, 0.5) is 0 Å². The third kappa shape index (κ3) is 3.98. The number of ether oxygens (including phenoxy) is 2. The third-order valence-electron chi connectivity index (χ3n) is 4.23. The summed E-state index contributed by atoms with van der Waals surface area (Å²) in [5, 5.41) is 2.13. The molecule has 0 saturated heterocycles. The van der Waals surface area contributed by atoms with Crippen LogP contribution in [0.3, 0.4) is 0 Å². The number of carbonyl (C=O) groups is 2. The van der Waals surface area contributed by atoms with Crippen LogP contribution < -0.4 is 0 Å². The minimum atomic E-state index is -0.263. The summed E-state index contributed by atoms with van der Waals surface area (Å²) in [5.41, 5.74) is 0. The Kier molecular flexibility index (Phi) is 6.33. The molecule has 0 atom stereocenters. The predicted molar refractivity (Wildman–Crippen MR) is 118 cm³/mol. The molecule has 2 aromatic heterocycles. The summed E-state index contributed by atoms with van der Waals surface area (Å²) in [6, 6.07) is 16.2. The zero-order valence-corrected chi connectivity index (χ0v) is 20.1. The van der Waals surface area contributed by atoms with Crippen molar-refractivity contribution in [2.75, 3.05) is 13.2 Å². The first-order valence-corrected chi connectivity index (χ1v) is 13.4. The zero-order chi connectivity index (χ0) is 20.4. The van der Waals surface area contributed by atoms with Crippen molar-refractivity contribution < 1.29 is 19.1 Å². The van der Waals surface area contributed by atoms with Crippen LogP contribution in [0.1, 0.15) is 32.3 Å². The summed E-state index contributed by atoms with van der Waals surface area (Å²) >= 11 is 1.29. The monoisotopic (exact) mass is 538 g/mol. The Bertz CT molecular complexity index is 1110. The van der Waals surface area contributed by atoms with Gasteiger partial charge in [-0.1, -0.05) is 0 Å². The average Bonchev–Trinajstić information content (AvgIpc) is 3.28. The first-order valence-electron chi connectivity index (χ1n) is 9.19. The second-order valence-electron chi connectivity index (χ2n) is 6.06. The van der Waals surface area contributed by atoms with Crippen LogP contribution in [0.5, 0.6) is 0 Å². The molecule has 7 heteroatoms. The average molecular weight is 536 g/mol. The first kappa shape index (κ1) is 20.5. The van der Waals surface area contributed by atoms with E-state index in [1.54, 1.807) is 0 Å². The summed E-state index contributed by atoms with van der Waals surface area (Å²) in [5.74, 6) is -0.525. The Hall–Kier alpha value is -1.75. The molecule has 0 spiro atoms. The van der Waals surface area contributed by atoms with Crippen molar-refractivity contribution in [3.63, 3.8) is 0 Å². The maximum atomic E-state index is 12.7. The molecule has 0 bridgehead atoms. The molecule has 4 rings (SSSR count). The Morgan fingerprint density at radius 2 is 1.17 bits per heavy atom. The predicted octanol–water partition coefficient (Wildman–Crippen LogP) is 4.61. The molecule has 0 radical (unpaired) electrons. The molecule has 0 aliphatic rings. The summed E-state index contributed by atoms with van der Waals surface area (Å²) in [4.78, 5) is 27.2. The molecule has 148 valence electrons. The molecule has 0 aliphatic carbocycles. The van der Waals surface area contributed by atoms with Crippen molar-refractivity contribution in [3.8, 4) is 0 Å². The van der Waals surface area contributed by atoms with Gasteiger partial charge in [-0.3, -0.25) is 0 Å². The van der Waals surface area contributed by atoms with E-state index in [1.165, 1.54) is 20.3 Å². The molecule has 4 aromatic rings. The topological polar surface area (TPSA) is 52.6 Å². The van der Waals surface area contributed by atoms with Gasteiger partial charge >= 0.3 is 185 Å². The second kappa shape index (κ2) is 8.95. The van der Waals surface area contributed by atoms with Crippen molar-refractivity contribution in [2.24, 2.45) is 0 Å². The number of carbonyl (C=O) groups excluding carboxylic acids is 2. The number of esters is 2. The Balaban J connectivity index is 1.90. The van der Waals surface area contributed by atoms with Crippen LogP contribution in [0.25, 0.3) is 19.3 Å². The van der Waals surface area contributed by atoms with Crippen molar-refractivity contribution >= 4 is 72.0 Å². The van der Waals surface area contributed by atoms with E-state index in [2.05, 4.69) is 12.1 Å². The number of fused-ring (bicyclic) bond motifs is 2. The second-order valence-corrected chi connectivity index (χ2v) is 11.5. The van der Waals surface area contributed by atoms with E-state index in [0.29, 0.717) is 13.2 Å². The Morgan fingerprint density at radius 1 is 0.759 bits per heavy atom. The Morgan fingerprint density at radius 3 is 1.59 bits per heavy atom. The number of rotatable bonds is 6. The summed E-state index contributed by atoms with van der Waals surface area (Å²) in [7, 11) is 0. The van der Waals surface area contributed by atoms with Gasteiger partial charge in [-0.15, -0.1) is 0 Å². The van der Waals surface area contributed by atoms with Crippen molar-refractivity contribution in [1.82, 2.24) is 0 Å². The van der Waals surface area contributed by atoms with E-state index in [9.17, 15) is 9.59 Å². The quantitative estimate of drug-likeness (QED) is 0.266. The van der Waals surface area contributed by atoms with E-state index < -0.39 is 0 Å². The first-order chi connectivity index (χ1) is 14.1. The van der Waals surface area contributed by atoms with Gasteiger partial charge in [0.1, 0.15) is 0 Å². The van der Waals surface area contributed by atoms with E-state index in [-0.39, 0.29) is 40.9 Å². The van der Waals surface area contributed by atoms with Gasteiger partial charge < -0.3 is 0 Å². The molecular formula is C22H18O4SSe2. The standard InChI is InChI=1S/C22H18O4SSe2/c1-3-25-21(23)19-17(13-9-5-7-11-15(13)28-19)27-18-14-10-6-8-12-16(14)29-20(18)22(24)26-4-2/h5-12H,3-4H2,1-2H3. The molecule has 0 amide bonds. The fraction of sp³-hybridized carbons (Fsp3) is 0.182. The Labute approximate surface area is 184 Å². The molecule has 4 nitrogen and oxygen atoms in total. The van der Waals surface area contributed by atoms with Gasteiger partial charge in [0.2, 0.25) is 0 Å². The molecule has 0 unspecified atom stereocenters. The normalized spacial score (nSPS) is 11.1. The van der Waals surface area contributed by atoms with Crippen LogP contribution in [0.2, 0.25) is 0 Å². The van der Waals surface area contributed by atoms with Gasteiger partial charge in [0.25, 0.3) is 0 Å². The van der Waals surface area contributed by atoms with Gasteiger partial charge in [-0.05, 0) is 0 Å². The summed E-state index contributed by atoms with van der Waals surface area (Å²) < 4.78 is 14.4. The molecule has 2 aromatic carbocycles.